The normalized spacial score (nSPS) is 10.4. The number of fused-ring (bicyclic) bond motifs is 1. The molecular formula is C16H13N5O. The Hall–Kier alpha value is -3.20. The molecule has 0 saturated carbocycles. The lowest BCUT2D eigenvalue weighted by molar-refractivity contribution is 0.102. The van der Waals surface area contributed by atoms with Gasteiger partial charge in [-0.3, -0.25) is 4.79 Å². The van der Waals surface area contributed by atoms with Crippen molar-refractivity contribution in [3.63, 3.8) is 0 Å². The molecule has 0 aliphatic carbocycles. The number of amides is 1. The summed E-state index contributed by atoms with van der Waals surface area (Å²) in [5.41, 5.74) is 3.89. The maximum absolute atomic E-state index is 12.3. The van der Waals surface area contributed by atoms with E-state index in [0.29, 0.717) is 22.6 Å². The third-order valence-electron chi connectivity index (χ3n) is 3.24. The summed E-state index contributed by atoms with van der Waals surface area (Å²) in [5, 5.41) is 15.8. The third kappa shape index (κ3) is 2.52. The van der Waals surface area contributed by atoms with Crippen LogP contribution >= 0.6 is 0 Å². The highest BCUT2D eigenvalue weighted by atomic mass is 16.1. The molecule has 0 spiro atoms. The number of carbonyl (C=O) groups is 1. The molecule has 3 aromatic rings. The van der Waals surface area contributed by atoms with Crippen LogP contribution in [0.3, 0.4) is 0 Å². The smallest absolute Gasteiger partial charge is 0.276 e. The summed E-state index contributed by atoms with van der Waals surface area (Å²) in [4.78, 5) is 16.6. The number of nitriles is 1. The van der Waals surface area contributed by atoms with Crippen molar-refractivity contribution >= 4 is 17.2 Å². The summed E-state index contributed by atoms with van der Waals surface area (Å²) < 4.78 is 1.64. The standard InChI is InChI=1S/C16H13N5O/c1-10-7-11(2)21-15(18-10)8-14(20-21)16(22)19-13-5-3-12(9-17)4-6-13/h3-8H,1-2H3,(H,19,22). The van der Waals surface area contributed by atoms with E-state index in [-0.39, 0.29) is 5.91 Å². The zero-order chi connectivity index (χ0) is 15.7. The predicted octanol–water partition coefficient (Wildman–Crippen LogP) is 2.47. The van der Waals surface area contributed by atoms with E-state index in [4.69, 9.17) is 5.26 Å². The maximum atomic E-state index is 12.3. The summed E-state index contributed by atoms with van der Waals surface area (Å²) in [6, 6.07) is 12.2. The van der Waals surface area contributed by atoms with Crippen molar-refractivity contribution < 1.29 is 4.79 Å². The van der Waals surface area contributed by atoms with E-state index in [1.165, 1.54) is 0 Å². The monoisotopic (exact) mass is 291 g/mol. The molecule has 3 rings (SSSR count). The summed E-state index contributed by atoms with van der Waals surface area (Å²) in [5.74, 6) is -0.313. The highest BCUT2D eigenvalue weighted by molar-refractivity contribution is 6.03. The first-order chi connectivity index (χ1) is 10.6. The number of benzene rings is 1. The Labute approximate surface area is 127 Å². The van der Waals surface area contributed by atoms with E-state index in [2.05, 4.69) is 15.4 Å². The summed E-state index contributed by atoms with van der Waals surface area (Å²) in [6.45, 7) is 3.81. The van der Waals surface area contributed by atoms with Crippen LogP contribution in [0.1, 0.15) is 27.4 Å². The minimum atomic E-state index is -0.313. The zero-order valence-corrected chi connectivity index (χ0v) is 12.2. The molecule has 0 atom stereocenters. The lowest BCUT2D eigenvalue weighted by Crippen LogP contribution is -2.12. The highest BCUT2D eigenvalue weighted by Crippen LogP contribution is 2.13. The average molecular weight is 291 g/mol. The molecule has 6 heteroatoms. The average Bonchev–Trinajstić information content (AvgIpc) is 2.92. The van der Waals surface area contributed by atoms with Crippen molar-refractivity contribution in [3.8, 4) is 6.07 Å². The topological polar surface area (TPSA) is 83.1 Å². The van der Waals surface area contributed by atoms with Gasteiger partial charge < -0.3 is 5.32 Å². The second-order valence-corrected chi connectivity index (χ2v) is 4.98. The van der Waals surface area contributed by atoms with E-state index >= 15 is 0 Å². The number of aryl methyl sites for hydroxylation is 2. The Kier molecular flexibility index (Phi) is 3.31. The van der Waals surface area contributed by atoms with Gasteiger partial charge >= 0.3 is 0 Å². The number of carbonyl (C=O) groups excluding carboxylic acids is 1. The lowest BCUT2D eigenvalue weighted by Gasteiger charge is -2.02. The minimum absolute atomic E-state index is 0.297. The quantitative estimate of drug-likeness (QED) is 0.786. The van der Waals surface area contributed by atoms with E-state index in [0.717, 1.165) is 11.4 Å². The van der Waals surface area contributed by atoms with Gasteiger partial charge in [0.1, 0.15) is 0 Å². The predicted molar refractivity (Wildman–Crippen MR) is 81.6 cm³/mol. The Morgan fingerprint density at radius 3 is 2.64 bits per heavy atom. The molecule has 108 valence electrons. The second-order valence-electron chi connectivity index (χ2n) is 4.98. The van der Waals surface area contributed by atoms with Crippen LogP contribution in [0.2, 0.25) is 0 Å². The first-order valence-electron chi connectivity index (χ1n) is 6.72. The molecule has 6 nitrogen and oxygen atoms in total. The molecule has 0 aliphatic rings. The fraction of sp³-hybridized carbons (Fsp3) is 0.125. The highest BCUT2D eigenvalue weighted by Gasteiger charge is 2.13. The van der Waals surface area contributed by atoms with E-state index in [1.54, 1.807) is 34.8 Å². The number of rotatable bonds is 2. The van der Waals surface area contributed by atoms with Gasteiger partial charge in [0, 0.05) is 23.1 Å². The van der Waals surface area contributed by atoms with Gasteiger partial charge in [-0.2, -0.15) is 10.4 Å². The molecule has 0 fully saturated rings. The van der Waals surface area contributed by atoms with Gasteiger partial charge in [0.25, 0.3) is 5.91 Å². The van der Waals surface area contributed by atoms with E-state index in [9.17, 15) is 4.79 Å². The molecule has 0 aliphatic heterocycles. The van der Waals surface area contributed by atoms with E-state index < -0.39 is 0 Å². The zero-order valence-electron chi connectivity index (χ0n) is 12.2. The van der Waals surface area contributed by atoms with Crippen LogP contribution in [0.25, 0.3) is 5.65 Å². The largest absolute Gasteiger partial charge is 0.321 e. The van der Waals surface area contributed by atoms with Crippen LogP contribution in [0.15, 0.2) is 36.4 Å². The third-order valence-corrected chi connectivity index (χ3v) is 3.24. The Balaban J connectivity index is 1.88. The number of hydrogen-bond acceptors (Lipinski definition) is 4. The van der Waals surface area contributed by atoms with Crippen molar-refractivity contribution in [2.75, 3.05) is 5.32 Å². The summed E-state index contributed by atoms with van der Waals surface area (Å²) >= 11 is 0. The SMILES string of the molecule is Cc1cc(C)n2nc(C(=O)Nc3ccc(C#N)cc3)cc2n1. The number of nitrogens with one attached hydrogen (secondary N) is 1. The van der Waals surface area contributed by atoms with Crippen LogP contribution in [0.4, 0.5) is 5.69 Å². The summed E-state index contributed by atoms with van der Waals surface area (Å²) in [6.07, 6.45) is 0. The molecule has 22 heavy (non-hydrogen) atoms. The maximum Gasteiger partial charge on any atom is 0.276 e. The van der Waals surface area contributed by atoms with Crippen molar-refractivity contribution in [2.24, 2.45) is 0 Å². The molecule has 1 aromatic carbocycles. The molecule has 0 bridgehead atoms. The number of aromatic nitrogens is 3. The Bertz CT molecular complexity index is 903. The number of anilines is 1. The van der Waals surface area contributed by atoms with Gasteiger partial charge in [-0.25, -0.2) is 9.50 Å². The first-order valence-corrected chi connectivity index (χ1v) is 6.72. The Morgan fingerprint density at radius 1 is 1.23 bits per heavy atom. The fourth-order valence-corrected chi connectivity index (χ4v) is 2.22. The van der Waals surface area contributed by atoms with E-state index in [1.807, 2.05) is 26.0 Å². The van der Waals surface area contributed by atoms with Gasteiger partial charge in [0.05, 0.1) is 11.6 Å². The van der Waals surface area contributed by atoms with Crippen LogP contribution in [-0.4, -0.2) is 20.5 Å². The first kappa shape index (κ1) is 13.8. The van der Waals surface area contributed by atoms with Gasteiger partial charge in [-0.15, -0.1) is 0 Å². The molecule has 1 N–H and O–H groups in total. The van der Waals surface area contributed by atoms with Crippen molar-refractivity contribution in [1.29, 1.82) is 5.26 Å². The van der Waals surface area contributed by atoms with Crippen LogP contribution < -0.4 is 5.32 Å². The van der Waals surface area contributed by atoms with Gasteiger partial charge in [-0.1, -0.05) is 0 Å². The van der Waals surface area contributed by atoms with Crippen molar-refractivity contribution in [1.82, 2.24) is 14.6 Å². The molecular weight excluding hydrogens is 278 g/mol. The minimum Gasteiger partial charge on any atom is -0.321 e. The van der Waals surface area contributed by atoms with Crippen LogP contribution in [0.5, 0.6) is 0 Å². The van der Waals surface area contributed by atoms with Crippen molar-refractivity contribution in [3.05, 3.63) is 59.0 Å². The molecule has 0 unspecified atom stereocenters. The molecule has 0 radical (unpaired) electrons. The fourth-order valence-electron chi connectivity index (χ4n) is 2.22. The van der Waals surface area contributed by atoms with Gasteiger partial charge in [-0.05, 0) is 44.2 Å². The van der Waals surface area contributed by atoms with Crippen LogP contribution in [-0.2, 0) is 0 Å². The number of hydrogen-bond donors (Lipinski definition) is 1. The lowest BCUT2D eigenvalue weighted by atomic mass is 10.2. The second kappa shape index (κ2) is 5.30. The molecule has 2 aromatic heterocycles. The van der Waals surface area contributed by atoms with Crippen molar-refractivity contribution in [2.45, 2.75) is 13.8 Å². The van der Waals surface area contributed by atoms with Gasteiger partial charge in [0.2, 0.25) is 0 Å². The number of nitrogens with zero attached hydrogens (tertiary/aromatic N) is 4. The molecule has 2 heterocycles. The molecule has 0 saturated heterocycles. The van der Waals surface area contributed by atoms with Gasteiger partial charge in [0.15, 0.2) is 11.3 Å². The molecule has 1 amide bonds. The Morgan fingerprint density at radius 2 is 1.95 bits per heavy atom. The van der Waals surface area contributed by atoms with Crippen LogP contribution in [0, 0.1) is 25.2 Å². The summed E-state index contributed by atoms with van der Waals surface area (Å²) in [7, 11) is 0.